The Balaban J connectivity index is 1.26. The molecule has 30 heavy (non-hydrogen) atoms. The maximum Gasteiger partial charge on any atom is 0.244 e. The van der Waals surface area contributed by atoms with Gasteiger partial charge in [0.05, 0.1) is 6.04 Å². The van der Waals surface area contributed by atoms with Crippen molar-refractivity contribution in [2.45, 2.75) is 102 Å². The van der Waals surface area contributed by atoms with Crippen molar-refractivity contribution in [1.29, 1.82) is 0 Å². The van der Waals surface area contributed by atoms with Crippen LogP contribution in [0.25, 0.3) is 0 Å². The van der Waals surface area contributed by atoms with Crippen LogP contribution < -0.4 is 5.32 Å². The lowest BCUT2D eigenvalue weighted by atomic mass is 9.81. The second kappa shape index (κ2) is 8.54. The van der Waals surface area contributed by atoms with Gasteiger partial charge in [-0.2, -0.15) is 0 Å². The highest BCUT2D eigenvalue weighted by Gasteiger charge is 2.79. The first-order chi connectivity index (χ1) is 14.4. The highest BCUT2D eigenvalue weighted by atomic mass is 16.7. The fourth-order valence-electron chi connectivity index (χ4n) is 4.93. The number of ketones is 1. The Morgan fingerprint density at radius 2 is 1.93 bits per heavy atom. The van der Waals surface area contributed by atoms with Crippen LogP contribution in [0.5, 0.6) is 0 Å². The highest BCUT2D eigenvalue weighted by Crippen LogP contribution is 2.57. The van der Waals surface area contributed by atoms with Gasteiger partial charge in [0.15, 0.2) is 12.1 Å². The van der Waals surface area contributed by atoms with E-state index in [4.69, 9.17) is 14.2 Å². The van der Waals surface area contributed by atoms with Gasteiger partial charge in [-0.05, 0) is 19.3 Å². The molecule has 1 saturated carbocycles. The number of carbonyl (C=O) groups is 2. The Kier molecular flexibility index (Phi) is 6.17. The molecule has 4 aliphatic rings. The maximum atomic E-state index is 12.4. The van der Waals surface area contributed by atoms with Crippen LogP contribution >= 0.6 is 0 Å². The van der Waals surface area contributed by atoms with Crippen LogP contribution in [-0.4, -0.2) is 59.1 Å². The zero-order chi connectivity index (χ0) is 21.5. The predicted molar refractivity (Wildman–Crippen MR) is 110 cm³/mol. The van der Waals surface area contributed by atoms with Crippen molar-refractivity contribution < 1.29 is 28.9 Å². The van der Waals surface area contributed by atoms with E-state index >= 15 is 0 Å². The van der Waals surface area contributed by atoms with Crippen LogP contribution in [0.3, 0.4) is 0 Å². The molecule has 166 valence electrons. The number of amides is 1. The number of Topliss-reactive ketones (excluding diaryl/α,β-unsaturated/α-hetero) is 1. The summed E-state index contributed by atoms with van der Waals surface area (Å²) in [5.74, 6) is 0.161. The number of unbranched alkanes of at least 4 members (excludes halogenated alkanes) is 3. The molecule has 1 aliphatic carbocycles. The van der Waals surface area contributed by atoms with Crippen LogP contribution in [0.1, 0.15) is 59.3 Å². The fourth-order valence-corrected chi connectivity index (χ4v) is 4.93. The van der Waals surface area contributed by atoms with Crippen molar-refractivity contribution in [1.82, 2.24) is 5.32 Å². The first-order valence-corrected chi connectivity index (χ1v) is 11.2. The molecule has 0 aromatic heterocycles. The lowest BCUT2D eigenvalue weighted by Gasteiger charge is -2.26. The van der Waals surface area contributed by atoms with Crippen LogP contribution in [0.4, 0.5) is 0 Å². The zero-order valence-electron chi connectivity index (χ0n) is 18.0. The minimum Gasteiger partial charge on any atom is -0.366 e. The van der Waals surface area contributed by atoms with Gasteiger partial charge in [0.1, 0.15) is 30.0 Å². The summed E-state index contributed by atoms with van der Waals surface area (Å²) in [4.78, 5) is 24.3. The largest absolute Gasteiger partial charge is 0.366 e. The van der Waals surface area contributed by atoms with E-state index in [-0.39, 0.29) is 23.9 Å². The Bertz CT molecular complexity index is 726. The van der Waals surface area contributed by atoms with Crippen molar-refractivity contribution in [2.75, 3.05) is 0 Å². The Labute approximate surface area is 177 Å². The number of aliphatic hydroxyl groups excluding tert-OH is 1. The fraction of sp³-hybridized carbons (Fsp3) is 0.739. The van der Waals surface area contributed by atoms with E-state index in [9.17, 15) is 14.7 Å². The average Bonchev–Trinajstić information content (AvgIpc) is 3.60. The molecule has 1 amide bonds. The second-order valence-corrected chi connectivity index (χ2v) is 9.21. The van der Waals surface area contributed by atoms with E-state index in [2.05, 4.69) is 25.2 Å². The van der Waals surface area contributed by atoms with Crippen LogP contribution in [-0.2, 0) is 23.8 Å². The predicted octanol–water partition coefficient (Wildman–Crippen LogP) is 2.18. The summed E-state index contributed by atoms with van der Waals surface area (Å²) in [6.45, 7) is 6.40. The molecule has 3 saturated heterocycles. The summed E-state index contributed by atoms with van der Waals surface area (Å²) in [6.07, 6.45) is 9.12. The van der Waals surface area contributed by atoms with Crippen molar-refractivity contribution in [3.8, 4) is 0 Å². The summed E-state index contributed by atoms with van der Waals surface area (Å²) in [7, 11) is 0. The smallest absolute Gasteiger partial charge is 0.244 e. The third-order valence-corrected chi connectivity index (χ3v) is 6.62. The van der Waals surface area contributed by atoms with Gasteiger partial charge in [0.2, 0.25) is 5.91 Å². The summed E-state index contributed by atoms with van der Waals surface area (Å²) >= 11 is 0. The number of aliphatic hydroxyl groups is 1. The number of hydrogen-bond acceptors (Lipinski definition) is 6. The molecule has 0 bridgehead atoms. The average molecular weight is 420 g/mol. The first kappa shape index (κ1) is 21.7. The molecule has 0 aromatic carbocycles. The third-order valence-electron chi connectivity index (χ3n) is 6.62. The Hall–Kier alpha value is -1.54. The lowest BCUT2D eigenvalue weighted by Crippen LogP contribution is -2.49. The van der Waals surface area contributed by atoms with E-state index in [1.165, 1.54) is 31.8 Å². The number of carbonyl (C=O) groups excluding carboxylic acids is 2. The van der Waals surface area contributed by atoms with E-state index in [1.807, 2.05) is 6.92 Å². The monoisotopic (exact) mass is 419 g/mol. The SMILES string of the molecule is CCCCCC[C@@H](C)/C=C(C)/C=C/C(=O)NC1CC2(OC1O)[C@@H]1O[C@@H]1C(=O)[C@@H]1O[C@@H]12. The molecule has 7 nitrogen and oxygen atoms in total. The molecule has 4 fully saturated rings. The highest BCUT2D eigenvalue weighted by molar-refractivity contribution is 5.94. The van der Waals surface area contributed by atoms with Crippen molar-refractivity contribution in [3.05, 3.63) is 23.8 Å². The molecule has 0 aromatic rings. The minimum absolute atomic E-state index is 0.0361. The summed E-state index contributed by atoms with van der Waals surface area (Å²) in [5.41, 5.74) is 0.204. The van der Waals surface area contributed by atoms with Crippen LogP contribution in [0.2, 0.25) is 0 Å². The molecule has 0 radical (unpaired) electrons. The van der Waals surface area contributed by atoms with Gasteiger partial charge in [0, 0.05) is 12.5 Å². The van der Waals surface area contributed by atoms with Gasteiger partial charge in [-0.1, -0.05) is 57.3 Å². The topological polar surface area (TPSA) is 101 Å². The Morgan fingerprint density at radius 3 is 2.60 bits per heavy atom. The van der Waals surface area contributed by atoms with Crippen molar-refractivity contribution in [2.24, 2.45) is 5.92 Å². The molecular formula is C23H33NO6. The molecule has 1 spiro atoms. The zero-order valence-corrected chi connectivity index (χ0v) is 18.0. The third kappa shape index (κ3) is 4.26. The summed E-state index contributed by atoms with van der Waals surface area (Å²) < 4.78 is 16.8. The van der Waals surface area contributed by atoms with E-state index in [1.54, 1.807) is 6.08 Å². The number of epoxide rings is 2. The van der Waals surface area contributed by atoms with E-state index in [0.29, 0.717) is 12.3 Å². The minimum atomic E-state index is -1.15. The van der Waals surface area contributed by atoms with Crippen LogP contribution in [0, 0.1) is 5.92 Å². The van der Waals surface area contributed by atoms with Gasteiger partial charge >= 0.3 is 0 Å². The standard InChI is InChI=1S/C23H33NO6/c1-4-5-6-7-8-13(2)11-14(3)9-10-16(25)24-15-12-23(30-22(15)27)20-18(28-20)17(26)19-21(23)29-19/h9-11,13,15,18-22,27H,4-8,12H2,1-3H3,(H,24,25)/b10-9+,14-11+/t13-,15?,18-,19+,20-,21+,22?,23?/m1/s1. The number of fused-ring (bicyclic) bond motifs is 4. The quantitative estimate of drug-likeness (QED) is 0.257. The number of ether oxygens (including phenoxy) is 3. The van der Waals surface area contributed by atoms with Gasteiger partial charge in [-0.25, -0.2) is 0 Å². The lowest BCUT2D eigenvalue weighted by molar-refractivity contribution is -0.159. The molecule has 7 heteroatoms. The number of hydrogen-bond donors (Lipinski definition) is 2. The van der Waals surface area contributed by atoms with Gasteiger partial charge in [-0.3, -0.25) is 9.59 Å². The number of allylic oxidation sites excluding steroid dienone is 3. The van der Waals surface area contributed by atoms with Crippen LogP contribution in [0.15, 0.2) is 23.8 Å². The van der Waals surface area contributed by atoms with Crippen molar-refractivity contribution >= 4 is 11.7 Å². The van der Waals surface area contributed by atoms with Gasteiger partial charge in [0.25, 0.3) is 0 Å². The molecular weight excluding hydrogens is 386 g/mol. The molecule has 3 aliphatic heterocycles. The molecule has 8 atom stereocenters. The van der Waals surface area contributed by atoms with Gasteiger partial charge in [-0.15, -0.1) is 0 Å². The maximum absolute atomic E-state index is 12.4. The van der Waals surface area contributed by atoms with Gasteiger partial charge < -0.3 is 24.6 Å². The summed E-state index contributed by atoms with van der Waals surface area (Å²) in [5, 5.41) is 13.2. The summed E-state index contributed by atoms with van der Waals surface area (Å²) in [6, 6.07) is -0.563. The van der Waals surface area contributed by atoms with E-state index < -0.39 is 30.1 Å². The molecule has 3 unspecified atom stereocenters. The molecule has 2 N–H and O–H groups in total. The van der Waals surface area contributed by atoms with Crippen molar-refractivity contribution in [3.63, 3.8) is 0 Å². The molecule has 3 heterocycles. The molecule has 4 rings (SSSR count). The first-order valence-electron chi connectivity index (χ1n) is 11.2. The second-order valence-electron chi connectivity index (χ2n) is 9.21. The number of rotatable bonds is 9. The normalized spacial score (nSPS) is 40.4. The number of nitrogens with one attached hydrogen (secondary N) is 1. The Morgan fingerprint density at radius 1 is 1.23 bits per heavy atom. The van der Waals surface area contributed by atoms with E-state index in [0.717, 1.165) is 12.0 Å².